The van der Waals surface area contributed by atoms with E-state index in [4.69, 9.17) is 4.42 Å². The molecule has 2 amide bonds. The van der Waals surface area contributed by atoms with Gasteiger partial charge in [0, 0.05) is 35.4 Å². The van der Waals surface area contributed by atoms with Gasteiger partial charge in [0.1, 0.15) is 11.6 Å². The van der Waals surface area contributed by atoms with Gasteiger partial charge in [-0.3, -0.25) is 9.59 Å². The van der Waals surface area contributed by atoms with Crippen molar-refractivity contribution in [1.82, 2.24) is 4.90 Å². The van der Waals surface area contributed by atoms with Crippen molar-refractivity contribution in [3.05, 3.63) is 40.2 Å². The van der Waals surface area contributed by atoms with E-state index in [9.17, 15) is 14.4 Å². The Kier molecular flexibility index (Phi) is 3.64. The molecule has 7 heteroatoms. The van der Waals surface area contributed by atoms with Crippen molar-refractivity contribution < 1.29 is 14.0 Å². The summed E-state index contributed by atoms with van der Waals surface area (Å²) in [4.78, 5) is 37.9. The number of carbonyl (C=O) groups is 2. The fourth-order valence-corrected chi connectivity index (χ4v) is 5.07. The molecule has 130 valence electrons. The summed E-state index contributed by atoms with van der Waals surface area (Å²) >= 11 is 1.66. The Balaban J connectivity index is 1.60. The number of benzene rings is 1. The number of rotatable bonds is 2. The maximum atomic E-state index is 12.7. The number of fused-ring (bicyclic) bond motifs is 2. The Morgan fingerprint density at radius 3 is 2.96 bits per heavy atom. The molecule has 0 saturated carbocycles. The summed E-state index contributed by atoms with van der Waals surface area (Å²) in [7, 11) is 0. The first kappa shape index (κ1) is 16.2. The first-order valence-corrected chi connectivity index (χ1v) is 9.17. The molecule has 25 heavy (non-hydrogen) atoms. The fraction of sp³-hybridized carbons (Fsp3) is 0.389. The lowest BCUT2D eigenvalue weighted by molar-refractivity contribution is -0.135. The van der Waals surface area contributed by atoms with Crippen molar-refractivity contribution >= 4 is 40.2 Å². The molecule has 0 bridgehead atoms. The smallest absolute Gasteiger partial charge is 0.336 e. The molecule has 2 aromatic rings. The van der Waals surface area contributed by atoms with Crippen molar-refractivity contribution in [2.45, 2.75) is 37.6 Å². The van der Waals surface area contributed by atoms with E-state index in [1.54, 1.807) is 28.8 Å². The average molecular weight is 358 g/mol. The summed E-state index contributed by atoms with van der Waals surface area (Å²) in [5.41, 5.74) is 1.40. The first-order chi connectivity index (χ1) is 11.9. The molecule has 2 aliphatic heterocycles. The van der Waals surface area contributed by atoms with Gasteiger partial charge in [0.2, 0.25) is 11.8 Å². The molecule has 6 nitrogen and oxygen atoms in total. The topological polar surface area (TPSA) is 79.6 Å². The number of hydrogen-bond acceptors (Lipinski definition) is 5. The molecule has 1 N–H and O–H groups in total. The summed E-state index contributed by atoms with van der Waals surface area (Å²) in [6.45, 7) is 3.86. The Hall–Kier alpha value is -2.28. The zero-order chi connectivity index (χ0) is 17.8. The number of nitrogens with one attached hydrogen (secondary N) is 1. The lowest BCUT2D eigenvalue weighted by Gasteiger charge is -2.29. The van der Waals surface area contributed by atoms with Crippen molar-refractivity contribution in [2.75, 3.05) is 11.1 Å². The summed E-state index contributed by atoms with van der Waals surface area (Å²) in [5.74, 6) is 0.421. The van der Waals surface area contributed by atoms with Gasteiger partial charge in [0.15, 0.2) is 0 Å². The third-order valence-corrected chi connectivity index (χ3v) is 6.47. The molecule has 1 aromatic carbocycles. The maximum absolute atomic E-state index is 12.7. The van der Waals surface area contributed by atoms with Crippen molar-refractivity contribution in [2.24, 2.45) is 0 Å². The van der Waals surface area contributed by atoms with Crippen LogP contribution in [0.2, 0.25) is 0 Å². The minimum Gasteiger partial charge on any atom is -0.423 e. The van der Waals surface area contributed by atoms with Crippen LogP contribution in [0, 0.1) is 6.92 Å². The molecular weight excluding hydrogens is 340 g/mol. The zero-order valence-corrected chi connectivity index (χ0v) is 14.8. The van der Waals surface area contributed by atoms with Gasteiger partial charge in [-0.25, -0.2) is 4.79 Å². The fourth-order valence-electron chi connectivity index (χ4n) is 3.64. The van der Waals surface area contributed by atoms with E-state index >= 15 is 0 Å². The normalized spacial score (nSPS) is 25.4. The van der Waals surface area contributed by atoms with E-state index in [1.807, 2.05) is 19.9 Å². The molecule has 4 rings (SSSR count). The number of hydrogen-bond donors (Lipinski definition) is 1. The quantitative estimate of drug-likeness (QED) is 0.835. The number of anilines is 1. The Bertz CT molecular complexity index is 954. The number of thioether (sulfide) groups is 1. The van der Waals surface area contributed by atoms with E-state index in [0.717, 1.165) is 17.4 Å². The van der Waals surface area contributed by atoms with Gasteiger partial charge in [-0.15, -0.1) is 11.8 Å². The highest BCUT2D eigenvalue weighted by Crippen LogP contribution is 2.47. The lowest BCUT2D eigenvalue weighted by Crippen LogP contribution is -2.48. The van der Waals surface area contributed by atoms with Crippen molar-refractivity contribution in [1.29, 1.82) is 0 Å². The number of aryl methyl sites for hydroxylation is 1. The van der Waals surface area contributed by atoms with E-state index in [-0.39, 0.29) is 16.7 Å². The molecule has 0 spiro atoms. The highest BCUT2D eigenvalue weighted by Gasteiger charge is 2.52. The molecule has 1 aromatic heterocycles. The SMILES string of the molecule is Cc1cc(=O)oc2cc(NC(=O)[C@@H]3CS[C@]4(C)CCC(=O)N34)ccc12. The summed E-state index contributed by atoms with van der Waals surface area (Å²) in [5, 5.41) is 3.69. The third kappa shape index (κ3) is 2.63. The largest absolute Gasteiger partial charge is 0.423 e. The summed E-state index contributed by atoms with van der Waals surface area (Å²) in [6, 6.07) is 6.22. The van der Waals surface area contributed by atoms with Gasteiger partial charge in [0.25, 0.3) is 0 Å². The Morgan fingerprint density at radius 1 is 1.36 bits per heavy atom. The number of nitrogens with zero attached hydrogens (tertiary/aromatic N) is 1. The minimum absolute atomic E-state index is 0.0350. The second kappa shape index (κ2) is 5.62. The first-order valence-electron chi connectivity index (χ1n) is 8.19. The predicted octanol–water partition coefficient (Wildman–Crippen LogP) is 2.49. The average Bonchev–Trinajstić information content (AvgIpc) is 3.03. The zero-order valence-electron chi connectivity index (χ0n) is 14.0. The van der Waals surface area contributed by atoms with Crippen LogP contribution < -0.4 is 10.9 Å². The van der Waals surface area contributed by atoms with E-state index in [0.29, 0.717) is 23.4 Å². The summed E-state index contributed by atoms with van der Waals surface area (Å²) in [6.07, 6.45) is 1.27. The molecule has 2 aliphatic rings. The number of carbonyl (C=O) groups excluding carboxylic acids is 2. The molecular formula is C18H18N2O4S. The molecule has 2 fully saturated rings. The monoisotopic (exact) mass is 358 g/mol. The molecule has 0 radical (unpaired) electrons. The standard InChI is InChI=1S/C18H18N2O4S/c1-10-7-16(22)24-14-8-11(3-4-12(10)14)19-17(23)13-9-25-18(2)6-5-15(21)20(13)18/h3-4,7-8,13H,5-6,9H2,1-2H3,(H,19,23)/t13-,18+/m0/s1. The third-order valence-electron chi connectivity index (χ3n) is 4.97. The van der Waals surface area contributed by atoms with Crippen LogP contribution in [-0.2, 0) is 9.59 Å². The van der Waals surface area contributed by atoms with Gasteiger partial charge in [-0.1, -0.05) is 0 Å². The van der Waals surface area contributed by atoms with Gasteiger partial charge >= 0.3 is 5.63 Å². The van der Waals surface area contributed by atoms with Gasteiger partial charge in [-0.05, 0) is 38.0 Å². The second-order valence-corrected chi connectivity index (χ2v) is 8.22. The van der Waals surface area contributed by atoms with E-state index in [1.165, 1.54) is 6.07 Å². The van der Waals surface area contributed by atoms with Crippen LogP contribution in [0.25, 0.3) is 11.0 Å². The second-order valence-electron chi connectivity index (χ2n) is 6.71. The van der Waals surface area contributed by atoms with Crippen LogP contribution in [0.4, 0.5) is 5.69 Å². The highest BCUT2D eigenvalue weighted by molar-refractivity contribution is 8.01. The van der Waals surface area contributed by atoms with Crippen LogP contribution in [0.5, 0.6) is 0 Å². The lowest BCUT2D eigenvalue weighted by atomic mass is 10.1. The Morgan fingerprint density at radius 2 is 2.16 bits per heavy atom. The van der Waals surface area contributed by atoms with E-state index in [2.05, 4.69) is 5.32 Å². The molecule has 2 atom stereocenters. The van der Waals surface area contributed by atoms with Crippen molar-refractivity contribution in [3.63, 3.8) is 0 Å². The maximum Gasteiger partial charge on any atom is 0.336 e. The minimum atomic E-state index is -0.467. The molecule has 2 saturated heterocycles. The number of amides is 2. The van der Waals surface area contributed by atoms with Gasteiger partial charge in [-0.2, -0.15) is 0 Å². The molecule has 0 aliphatic carbocycles. The Labute approximate surface area is 148 Å². The van der Waals surface area contributed by atoms with Gasteiger partial charge < -0.3 is 14.6 Å². The predicted molar refractivity (Wildman–Crippen MR) is 96.6 cm³/mol. The van der Waals surface area contributed by atoms with Crippen LogP contribution in [0.15, 0.2) is 33.5 Å². The van der Waals surface area contributed by atoms with Gasteiger partial charge in [0.05, 0.1) is 4.87 Å². The van der Waals surface area contributed by atoms with Crippen LogP contribution in [-0.4, -0.2) is 33.4 Å². The molecule has 3 heterocycles. The van der Waals surface area contributed by atoms with Crippen LogP contribution in [0.3, 0.4) is 0 Å². The van der Waals surface area contributed by atoms with Crippen LogP contribution >= 0.6 is 11.8 Å². The molecule has 0 unspecified atom stereocenters. The van der Waals surface area contributed by atoms with Crippen molar-refractivity contribution in [3.8, 4) is 0 Å². The van der Waals surface area contributed by atoms with E-state index < -0.39 is 11.7 Å². The summed E-state index contributed by atoms with van der Waals surface area (Å²) < 4.78 is 5.22. The highest BCUT2D eigenvalue weighted by atomic mass is 32.2. The van der Waals surface area contributed by atoms with Crippen LogP contribution in [0.1, 0.15) is 25.3 Å².